The van der Waals surface area contributed by atoms with Crippen molar-refractivity contribution in [2.24, 2.45) is 0 Å². The Morgan fingerprint density at radius 3 is 2.09 bits per heavy atom. The zero-order chi connectivity index (χ0) is 6.69. The summed E-state index contributed by atoms with van der Waals surface area (Å²) in [6.07, 6.45) is 0. The van der Waals surface area contributed by atoms with Crippen molar-refractivity contribution < 1.29 is 24.3 Å². The second-order valence-electron chi connectivity index (χ2n) is 1.84. The van der Waals surface area contributed by atoms with Crippen LogP contribution >= 0.6 is 17.0 Å². The van der Waals surface area contributed by atoms with E-state index in [9.17, 15) is 4.79 Å². The van der Waals surface area contributed by atoms with E-state index in [0.29, 0.717) is 0 Å². The topological polar surface area (TPSA) is 17.1 Å². The van der Waals surface area contributed by atoms with Gasteiger partial charge in [-0.2, -0.15) is 30.3 Å². The van der Waals surface area contributed by atoms with Crippen LogP contribution in [0.1, 0.15) is 17.3 Å². The first-order valence-corrected chi connectivity index (χ1v) is 2.78. The van der Waals surface area contributed by atoms with Crippen molar-refractivity contribution in [3.63, 3.8) is 0 Å². The Labute approximate surface area is 89.7 Å². The Kier molecular flexibility index (Phi) is 8.25. The van der Waals surface area contributed by atoms with Crippen molar-refractivity contribution in [2.45, 2.75) is 6.92 Å². The van der Waals surface area contributed by atoms with Crippen LogP contribution in [-0.2, 0) is 19.5 Å². The summed E-state index contributed by atoms with van der Waals surface area (Å²) in [6.45, 7) is 1.55. The fraction of sp³-hybridized carbons (Fsp3) is 0.125. The molecule has 11 heavy (non-hydrogen) atoms. The zero-order valence-corrected chi connectivity index (χ0v) is 11.0. The van der Waals surface area contributed by atoms with Gasteiger partial charge in [-0.15, -0.1) is 17.0 Å². The van der Waals surface area contributed by atoms with E-state index in [4.69, 9.17) is 0 Å². The van der Waals surface area contributed by atoms with Crippen LogP contribution in [-0.4, -0.2) is 5.78 Å². The van der Waals surface area contributed by atoms with E-state index in [-0.39, 0.29) is 42.2 Å². The fourth-order valence-corrected chi connectivity index (χ4v) is 0.622. The maximum absolute atomic E-state index is 10.6. The molecule has 0 saturated carbocycles. The Morgan fingerprint density at radius 1 is 1.36 bits per heavy atom. The molecule has 1 aromatic carbocycles. The summed E-state index contributed by atoms with van der Waals surface area (Å²) in [5.41, 5.74) is 0.744. The Bertz CT molecular complexity index is 211. The largest absolute Gasteiger partial charge is 0.297 e. The van der Waals surface area contributed by atoms with E-state index >= 15 is 0 Å². The quantitative estimate of drug-likeness (QED) is 0.432. The minimum atomic E-state index is 0. The molecule has 56 valence electrons. The van der Waals surface area contributed by atoms with E-state index < -0.39 is 0 Å². The van der Waals surface area contributed by atoms with Crippen LogP contribution in [0.2, 0.25) is 0 Å². The van der Waals surface area contributed by atoms with Gasteiger partial charge in [0.15, 0.2) is 0 Å². The van der Waals surface area contributed by atoms with Crippen LogP contribution in [0, 0.1) is 6.07 Å². The molecule has 0 amide bonds. The van der Waals surface area contributed by atoms with Gasteiger partial charge in [-0.05, 0) is 6.92 Å². The van der Waals surface area contributed by atoms with Crippen molar-refractivity contribution in [3.8, 4) is 0 Å². The van der Waals surface area contributed by atoms with Crippen molar-refractivity contribution >= 4 is 22.8 Å². The van der Waals surface area contributed by atoms with Crippen LogP contribution in [0.3, 0.4) is 0 Å². The number of carbonyl (C=O) groups excluding carboxylic acids is 1. The molecule has 0 atom stereocenters. The number of ketones is 1. The first-order chi connectivity index (χ1) is 4.30. The third kappa shape index (κ3) is 4.44. The molecule has 0 fully saturated rings. The predicted octanol–water partition coefficient (Wildman–Crippen LogP) is 2.26. The molecule has 3 heteroatoms. The van der Waals surface area contributed by atoms with Crippen molar-refractivity contribution in [2.75, 3.05) is 0 Å². The molecule has 0 heterocycles. The maximum Gasteiger partial charge on any atom is 0.135 e. The molecule has 0 unspecified atom stereocenters. The molecule has 0 saturated heterocycles. The van der Waals surface area contributed by atoms with E-state index in [1.54, 1.807) is 31.2 Å². The number of hydrogen-bond donors (Lipinski definition) is 0. The smallest absolute Gasteiger partial charge is 0.135 e. The average Bonchev–Trinajstić information content (AvgIpc) is 1.90. The number of benzene rings is 1. The van der Waals surface area contributed by atoms with Gasteiger partial charge in [0.2, 0.25) is 0 Å². The van der Waals surface area contributed by atoms with E-state index in [2.05, 4.69) is 6.07 Å². The second-order valence-corrected chi connectivity index (χ2v) is 1.84. The van der Waals surface area contributed by atoms with Gasteiger partial charge in [-0.25, -0.2) is 0 Å². The average molecular weight is 265 g/mol. The number of Topliss-reactive ketones (excluding diaryl/α,β-unsaturated/α-hetero) is 1. The first-order valence-electron chi connectivity index (χ1n) is 2.78. The molecular formula is C8H8BrOZn-. The van der Waals surface area contributed by atoms with E-state index in [1.807, 2.05) is 0 Å². The van der Waals surface area contributed by atoms with Crippen molar-refractivity contribution in [1.82, 2.24) is 0 Å². The van der Waals surface area contributed by atoms with Gasteiger partial charge in [-0.1, -0.05) is 5.56 Å². The number of hydrogen-bond acceptors (Lipinski definition) is 1. The summed E-state index contributed by atoms with van der Waals surface area (Å²) in [5, 5.41) is 0. The van der Waals surface area contributed by atoms with Gasteiger partial charge < -0.3 is 0 Å². The number of carbonyl (C=O) groups is 1. The molecule has 1 nitrogen and oxygen atoms in total. The molecule has 0 N–H and O–H groups in total. The minimum absolute atomic E-state index is 0. The molecule has 0 aliphatic heterocycles. The first kappa shape index (κ1) is 13.6. The molecule has 0 spiro atoms. The fourth-order valence-electron chi connectivity index (χ4n) is 0.622. The summed E-state index contributed by atoms with van der Waals surface area (Å²) < 4.78 is 0. The molecule has 0 aliphatic carbocycles. The van der Waals surface area contributed by atoms with Crippen LogP contribution in [0.25, 0.3) is 0 Å². The molecular weight excluding hydrogens is 257 g/mol. The summed E-state index contributed by atoms with van der Waals surface area (Å²) >= 11 is 0. The summed E-state index contributed by atoms with van der Waals surface area (Å²) in [6, 6.07) is 9.81. The normalized spacial score (nSPS) is 7.36. The third-order valence-corrected chi connectivity index (χ3v) is 1.12. The van der Waals surface area contributed by atoms with Crippen molar-refractivity contribution in [3.05, 3.63) is 35.9 Å². The van der Waals surface area contributed by atoms with Gasteiger partial charge in [0.25, 0.3) is 0 Å². The summed E-state index contributed by atoms with van der Waals surface area (Å²) in [4.78, 5) is 10.6. The summed E-state index contributed by atoms with van der Waals surface area (Å²) in [5.74, 6) is 0.101. The Morgan fingerprint density at radius 2 is 1.82 bits per heavy atom. The van der Waals surface area contributed by atoms with Crippen LogP contribution in [0.5, 0.6) is 0 Å². The van der Waals surface area contributed by atoms with Crippen LogP contribution < -0.4 is 0 Å². The number of halogens is 1. The minimum Gasteiger partial charge on any atom is -0.297 e. The van der Waals surface area contributed by atoms with Crippen LogP contribution in [0.4, 0.5) is 0 Å². The molecule has 0 bridgehead atoms. The number of rotatable bonds is 1. The third-order valence-electron chi connectivity index (χ3n) is 1.12. The predicted molar refractivity (Wildman–Crippen MR) is 45.6 cm³/mol. The van der Waals surface area contributed by atoms with Gasteiger partial charge >= 0.3 is 0 Å². The van der Waals surface area contributed by atoms with Gasteiger partial charge in [0.05, 0.1) is 0 Å². The van der Waals surface area contributed by atoms with Gasteiger partial charge in [0.1, 0.15) is 5.78 Å². The molecule has 1 aromatic rings. The molecule has 0 aliphatic rings. The van der Waals surface area contributed by atoms with Crippen molar-refractivity contribution in [1.29, 1.82) is 0 Å². The van der Waals surface area contributed by atoms with E-state index in [0.717, 1.165) is 5.56 Å². The molecule has 0 aromatic heterocycles. The standard InChI is InChI=1S/C8H7O.BrH.Zn/c1-7(9)8-5-3-2-4-6-8;;/h3-6H,1H3;1H;/q-1;;. The van der Waals surface area contributed by atoms with Gasteiger partial charge in [-0.3, -0.25) is 4.79 Å². The zero-order valence-electron chi connectivity index (χ0n) is 6.33. The molecule has 0 radical (unpaired) electrons. The van der Waals surface area contributed by atoms with Gasteiger partial charge in [0, 0.05) is 19.5 Å². The van der Waals surface area contributed by atoms with Crippen LogP contribution in [0.15, 0.2) is 24.3 Å². The van der Waals surface area contributed by atoms with E-state index in [1.165, 1.54) is 0 Å². The SMILES string of the molecule is Br.CC(=O)c1cc[c-]cc1.[Zn]. The second kappa shape index (κ2) is 6.69. The Hall–Kier alpha value is -0.00662. The summed E-state index contributed by atoms with van der Waals surface area (Å²) in [7, 11) is 0. The Balaban J connectivity index is 0. The maximum atomic E-state index is 10.6. The monoisotopic (exact) mass is 263 g/mol. The molecule has 1 rings (SSSR count).